The van der Waals surface area contributed by atoms with Gasteiger partial charge in [-0.2, -0.15) is 0 Å². The molecule has 0 spiro atoms. The molecule has 0 aliphatic heterocycles. The fourth-order valence-electron chi connectivity index (χ4n) is 1.74. The second-order valence-corrected chi connectivity index (χ2v) is 4.82. The normalized spacial score (nSPS) is 10.6. The van der Waals surface area contributed by atoms with Gasteiger partial charge >= 0.3 is 5.97 Å². The van der Waals surface area contributed by atoms with Gasteiger partial charge in [0.2, 0.25) is 0 Å². The molecule has 2 aromatic carbocycles. The quantitative estimate of drug-likeness (QED) is 0.510. The van der Waals surface area contributed by atoms with Gasteiger partial charge in [0.15, 0.2) is 11.5 Å². The van der Waals surface area contributed by atoms with Crippen LogP contribution in [0.2, 0.25) is 0 Å². The van der Waals surface area contributed by atoms with E-state index < -0.39 is 5.97 Å². The third-order valence-corrected chi connectivity index (χ3v) is 2.97. The van der Waals surface area contributed by atoms with Crippen molar-refractivity contribution in [1.29, 1.82) is 0 Å². The number of hydrogen-bond acceptors (Lipinski definition) is 4. The molecule has 0 bridgehead atoms. The molecule has 0 unspecified atom stereocenters. The van der Waals surface area contributed by atoms with Crippen LogP contribution >= 0.6 is 0 Å². The summed E-state index contributed by atoms with van der Waals surface area (Å²) in [5.74, 6) is -0.519. The zero-order valence-corrected chi connectivity index (χ0v) is 11.3. The molecule has 104 valence electrons. The van der Waals surface area contributed by atoms with Gasteiger partial charge in [0.05, 0.1) is 5.56 Å². The minimum Gasteiger partial charge on any atom is -0.504 e. The smallest absolute Gasteiger partial charge is 0.343 e. The number of aromatic hydroxyl groups is 2. The Morgan fingerprint density at radius 3 is 2.20 bits per heavy atom. The lowest BCUT2D eigenvalue weighted by atomic mass is 10.0. The van der Waals surface area contributed by atoms with Crippen LogP contribution in [0.25, 0.3) is 0 Å². The highest BCUT2D eigenvalue weighted by Gasteiger charge is 2.10. The van der Waals surface area contributed by atoms with Gasteiger partial charge in [-0.1, -0.05) is 26.0 Å². The number of benzene rings is 2. The minimum atomic E-state index is -0.509. The van der Waals surface area contributed by atoms with Gasteiger partial charge in [0.25, 0.3) is 0 Å². The molecule has 0 aromatic heterocycles. The van der Waals surface area contributed by atoms with E-state index in [2.05, 4.69) is 13.8 Å². The molecule has 2 N–H and O–H groups in total. The molecule has 0 heterocycles. The maximum atomic E-state index is 11.9. The van der Waals surface area contributed by atoms with Crippen LogP contribution in [0.1, 0.15) is 35.7 Å². The SMILES string of the molecule is CC(C)c1ccc(C(=O)Oc2ccc(O)c(O)c2)cc1. The molecule has 0 aliphatic rings. The molecular weight excluding hydrogens is 256 g/mol. The molecule has 2 rings (SSSR count). The van der Waals surface area contributed by atoms with E-state index in [4.69, 9.17) is 4.74 Å². The number of rotatable bonds is 3. The number of phenolic OH excluding ortho intramolecular Hbond substituents is 2. The van der Waals surface area contributed by atoms with Crippen molar-refractivity contribution >= 4 is 5.97 Å². The molecule has 4 nitrogen and oxygen atoms in total. The molecule has 4 heteroatoms. The second-order valence-electron chi connectivity index (χ2n) is 4.82. The Kier molecular flexibility index (Phi) is 3.94. The summed E-state index contributed by atoms with van der Waals surface area (Å²) in [6, 6.07) is 11.0. The maximum Gasteiger partial charge on any atom is 0.343 e. The highest BCUT2D eigenvalue weighted by atomic mass is 16.5. The number of carbonyl (C=O) groups is 1. The van der Waals surface area contributed by atoms with Crippen LogP contribution < -0.4 is 4.74 Å². The van der Waals surface area contributed by atoms with E-state index in [0.29, 0.717) is 11.5 Å². The van der Waals surface area contributed by atoms with Gasteiger partial charge in [0, 0.05) is 6.07 Å². The van der Waals surface area contributed by atoms with E-state index in [0.717, 1.165) is 5.56 Å². The summed E-state index contributed by atoms with van der Waals surface area (Å²) in [4.78, 5) is 11.9. The van der Waals surface area contributed by atoms with Crippen LogP contribution in [0.3, 0.4) is 0 Å². The Morgan fingerprint density at radius 1 is 1.00 bits per heavy atom. The Morgan fingerprint density at radius 2 is 1.65 bits per heavy atom. The summed E-state index contributed by atoms with van der Waals surface area (Å²) in [6.07, 6.45) is 0. The molecule has 0 saturated heterocycles. The number of carbonyl (C=O) groups excluding carboxylic acids is 1. The van der Waals surface area contributed by atoms with E-state index in [9.17, 15) is 15.0 Å². The van der Waals surface area contributed by atoms with E-state index in [1.54, 1.807) is 12.1 Å². The van der Waals surface area contributed by atoms with E-state index in [1.807, 2.05) is 12.1 Å². The molecule has 0 amide bonds. The Bertz CT molecular complexity index is 615. The van der Waals surface area contributed by atoms with Crippen molar-refractivity contribution in [3.63, 3.8) is 0 Å². The summed E-state index contributed by atoms with van der Waals surface area (Å²) >= 11 is 0. The summed E-state index contributed by atoms with van der Waals surface area (Å²) < 4.78 is 5.13. The van der Waals surface area contributed by atoms with Gasteiger partial charge in [-0.25, -0.2) is 4.79 Å². The van der Waals surface area contributed by atoms with Gasteiger partial charge in [-0.05, 0) is 35.7 Å². The molecule has 0 saturated carbocycles. The summed E-state index contributed by atoms with van der Waals surface area (Å²) in [7, 11) is 0. The van der Waals surface area contributed by atoms with Crippen molar-refractivity contribution in [2.45, 2.75) is 19.8 Å². The van der Waals surface area contributed by atoms with Crippen LogP contribution in [-0.4, -0.2) is 16.2 Å². The van der Waals surface area contributed by atoms with Crippen molar-refractivity contribution < 1.29 is 19.7 Å². The van der Waals surface area contributed by atoms with Gasteiger partial charge in [-0.15, -0.1) is 0 Å². The first-order valence-corrected chi connectivity index (χ1v) is 6.31. The summed E-state index contributed by atoms with van der Waals surface area (Å²) in [6.45, 7) is 4.15. The molecule has 0 fully saturated rings. The lowest BCUT2D eigenvalue weighted by Crippen LogP contribution is -2.08. The van der Waals surface area contributed by atoms with Gasteiger partial charge in [0.1, 0.15) is 5.75 Å². The van der Waals surface area contributed by atoms with E-state index in [-0.39, 0.29) is 17.2 Å². The minimum absolute atomic E-state index is 0.179. The predicted octanol–water partition coefficient (Wildman–Crippen LogP) is 3.44. The van der Waals surface area contributed by atoms with Gasteiger partial charge < -0.3 is 14.9 Å². The Hall–Kier alpha value is -2.49. The molecule has 0 aliphatic carbocycles. The summed E-state index contributed by atoms with van der Waals surface area (Å²) in [5, 5.41) is 18.5. The lowest BCUT2D eigenvalue weighted by Gasteiger charge is -2.08. The van der Waals surface area contributed by atoms with Crippen LogP contribution in [0.5, 0.6) is 17.2 Å². The van der Waals surface area contributed by atoms with E-state index >= 15 is 0 Å². The van der Waals surface area contributed by atoms with E-state index in [1.165, 1.54) is 18.2 Å². The number of phenols is 2. The standard InChI is InChI=1S/C16H16O4/c1-10(2)11-3-5-12(6-4-11)16(19)20-13-7-8-14(17)15(18)9-13/h3-10,17-18H,1-2H3. The van der Waals surface area contributed by atoms with Crippen LogP contribution in [0.15, 0.2) is 42.5 Å². The first-order valence-electron chi connectivity index (χ1n) is 6.31. The highest BCUT2D eigenvalue weighted by molar-refractivity contribution is 5.91. The predicted molar refractivity (Wildman–Crippen MR) is 75.3 cm³/mol. The third kappa shape index (κ3) is 3.09. The van der Waals surface area contributed by atoms with Crippen molar-refractivity contribution in [2.24, 2.45) is 0 Å². The first-order chi connectivity index (χ1) is 9.47. The number of esters is 1. The third-order valence-electron chi connectivity index (χ3n) is 2.97. The van der Waals surface area contributed by atoms with Crippen molar-refractivity contribution in [2.75, 3.05) is 0 Å². The maximum absolute atomic E-state index is 11.9. The Labute approximate surface area is 117 Å². The molecular formula is C16H16O4. The Balaban J connectivity index is 2.13. The van der Waals surface area contributed by atoms with Crippen molar-refractivity contribution in [3.8, 4) is 17.2 Å². The number of hydrogen-bond donors (Lipinski definition) is 2. The van der Waals surface area contributed by atoms with Crippen molar-refractivity contribution in [1.82, 2.24) is 0 Å². The largest absolute Gasteiger partial charge is 0.504 e. The monoisotopic (exact) mass is 272 g/mol. The molecule has 0 radical (unpaired) electrons. The zero-order chi connectivity index (χ0) is 14.7. The lowest BCUT2D eigenvalue weighted by molar-refractivity contribution is 0.0734. The average Bonchev–Trinajstić information content (AvgIpc) is 2.43. The first kappa shape index (κ1) is 13.9. The van der Waals surface area contributed by atoms with Crippen molar-refractivity contribution in [3.05, 3.63) is 53.6 Å². The van der Waals surface area contributed by atoms with Crippen LogP contribution in [0.4, 0.5) is 0 Å². The second kappa shape index (κ2) is 5.65. The average molecular weight is 272 g/mol. The molecule has 20 heavy (non-hydrogen) atoms. The van der Waals surface area contributed by atoms with Crippen LogP contribution in [-0.2, 0) is 0 Å². The topological polar surface area (TPSA) is 66.8 Å². The summed E-state index contributed by atoms with van der Waals surface area (Å²) in [5.41, 5.74) is 1.57. The number of ether oxygens (including phenoxy) is 1. The van der Waals surface area contributed by atoms with Crippen LogP contribution in [0, 0.1) is 0 Å². The molecule has 2 aromatic rings. The fraction of sp³-hybridized carbons (Fsp3) is 0.188. The fourth-order valence-corrected chi connectivity index (χ4v) is 1.74. The van der Waals surface area contributed by atoms with Gasteiger partial charge in [-0.3, -0.25) is 0 Å². The highest BCUT2D eigenvalue weighted by Crippen LogP contribution is 2.29. The zero-order valence-electron chi connectivity index (χ0n) is 11.3. The molecule has 0 atom stereocenters.